The standard InChI is InChI=1S/C16H17F2N3O2.ClH/c17-11-1-2-12(13(18)7-11)15-8-14(21-23-15)16(22)20-9-10-3-5-19-6-4-10;/h1-2,7-8,10,19H,3-6,9H2,(H,20,22);1H. The summed E-state index contributed by atoms with van der Waals surface area (Å²) in [5.74, 6) is -1.26. The Morgan fingerprint density at radius 2 is 2.04 bits per heavy atom. The summed E-state index contributed by atoms with van der Waals surface area (Å²) in [6.45, 7) is 2.49. The summed E-state index contributed by atoms with van der Waals surface area (Å²) < 4.78 is 31.6. The van der Waals surface area contributed by atoms with Crippen molar-refractivity contribution in [1.29, 1.82) is 0 Å². The molecule has 0 bridgehead atoms. The van der Waals surface area contributed by atoms with E-state index in [4.69, 9.17) is 4.52 Å². The zero-order valence-electron chi connectivity index (χ0n) is 12.9. The number of carbonyl (C=O) groups excluding carboxylic acids is 1. The first-order valence-electron chi connectivity index (χ1n) is 7.54. The molecule has 0 radical (unpaired) electrons. The van der Waals surface area contributed by atoms with Crippen molar-refractivity contribution in [3.05, 3.63) is 41.6 Å². The van der Waals surface area contributed by atoms with Gasteiger partial charge in [0.1, 0.15) is 11.6 Å². The van der Waals surface area contributed by atoms with Crippen molar-refractivity contribution < 1.29 is 18.1 Å². The number of carbonyl (C=O) groups is 1. The summed E-state index contributed by atoms with van der Waals surface area (Å²) in [4.78, 5) is 12.1. The molecule has 5 nitrogen and oxygen atoms in total. The summed E-state index contributed by atoms with van der Waals surface area (Å²) >= 11 is 0. The fourth-order valence-corrected chi connectivity index (χ4v) is 2.61. The normalized spacial score (nSPS) is 14.9. The second-order valence-corrected chi connectivity index (χ2v) is 5.60. The van der Waals surface area contributed by atoms with Gasteiger partial charge in [-0.2, -0.15) is 0 Å². The highest BCUT2D eigenvalue weighted by Gasteiger charge is 2.18. The van der Waals surface area contributed by atoms with Crippen LogP contribution in [-0.4, -0.2) is 30.7 Å². The number of halogens is 3. The number of benzene rings is 1. The number of nitrogens with one attached hydrogen (secondary N) is 2. The van der Waals surface area contributed by atoms with E-state index in [0.717, 1.165) is 38.1 Å². The zero-order valence-corrected chi connectivity index (χ0v) is 13.7. The van der Waals surface area contributed by atoms with Crippen LogP contribution in [0, 0.1) is 17.6 Å². The lowest BCUT2D eigenvalue weighted by Gasteiger charge is -2.22. The lowest BCUT2D eigenvalue weighted by molar-refractivity contribution is 0.0935. The molecule has 0 aliphatic carbocycles. The third-order valence-electron chi connectivity index (χ3n) is 3.95. The summed E-state index contributed by atoms with van der Waals surface area (Å²) in [5, 5.41) is 9.74. The van der Waals surface area contributed by atoms with Crippen molar-refractivity contribution in [2.24, 2.45) is 5.92 Å². The molecule has 0 atom stereocenters. The highest BCUT2D eigenvalue weighted by molar-refractivity contribution is 5.93. The van der Waals surface area contributed by atoms with Crippen LogP contribution in [0.1, 0.15) is 23.3 Å². The molecular weight excluding hydrogens is 340 g/mol. The predicted molar refractivity (Wildman–Crippen MR) is 87.0 cm³/mol. The first-order chi connectivity index (χ1) is 11.1. The number of aromatic nitrogens is 1. The van der Waals surface area contributed by atoms with Gasteiger partial charge in [0.25, 0.3) is 5.91 Å². The topological polar surface area (TPSA) is 67.2 Å². The number of rotatable bonds is 4. The Hall–Kier alpha value is -1.99. The second kappa shape index (κ2) is 8.21. The summed E-state index contributed by atoms with van der Waals surface area (Å²) in [6, 6.07) is 4.49. The predicted octanol–water partition coefficient (Wildman–Crippen LogP) is 2.77. The summed E-state index contributed by atoms with van der Waals surface area (Å²) in [5.41, 5.74) is 0.147. The lowest BCUT2D eigenvalue weighted by atomic mass is 9.98. The number of nitrogens with zero attached hydrogens (tertiary/aromatic N) is 1. The second-order valence-electron chi connectivity index (χ2n) is 5.60. The van der Waals surface area contributed by atoms with E-state index in [-0.39, 0.29) is 35.3 Å². The third kappa shape index (κ3) is 4.30. The highest BCUT2D eigenvalue weighted by Crippen LogP contribution is 2.24. The minimum atomic E-state index is -0.761. The molecule has 1 aliphatic heterocycles. The first kappa shape index (κ1) is 18.4. The third-order valence-corrected chi connectivity index (χ3v) is 3.95. The van der Waals surface area contributed by atoms with E-state index < -0.39 is 11.6 Å². The molecular formula is C16H18ClF2N3O2. The molecule has 130 valence electrons. The SMILES string of the molecule is Cl.O=C(NCC1CCNCC1)c1cc(-c2ccc(F)cc2F)on1. The van der Waals surface area contributed by atoms with Crippen LogP contribution in [0.2, 0.25) is 0 Å². The van der Waals surface area contributed by atoms with E-state index in [1.54, 1.807) is 0 Å². The number of amides is 1. The highest BCUT2D eigenvalue weighted by atomic mass is 35.5. The molecule has 24 heavy (non-hydrogen) atoms. The number of piperidine rings is 1. The van der Waals surface area contributed by atoms with E-state index in [2.05, 4.69) is 15.8 Å². The molecule has 0 saturated carbocycles. The van der Waals surface area contributed by atoms with Crippen molar-refractivity contribution in [2.75, 3.05) is 19.6 Å². The van der Waals surface area contributed by atoms with Gasteiger partial charge in [-0.15, -0.1) is 12.4 Å². The molecule has 2 N–H and O–H groups in total. The molecule has 0 spiro atoms. The Kier molecular flexibility index (Phi) is 6.28. The fourth-order valence-electron chi connectivity index (χ4n) is 2.61. The molecule has 2 aromatic rings. The maximum atomic E-state index is 13.7. The first-order valence-corrected chi connectivity index (χ1v) is 7.54. The minimum absolute atomic E-state index is 0. The molecule has 1 saturated heterocycles. The van der Waals surface area contributed by atoms with Crippen molar-refractivity contribution in [3.8, 4) is 11.3 Å². The molecule has 1 aliphatic rings. The van der Waals surface area contributed by atoms with Crippen molar-refractivity contribution in [3.63, 3.8) is 0 Å². The van der Waals surface area contributed by atoms with Crippen LogP contribution in [0.5, 0.6) is 0 Å². The van der Waals surface area contributed by atoms with Crippen molar-refractivity contribution >= 4 is 18.3 Å². The van der Waals surface area contributed by atoms with Gasteiger partial charge < -0.3 is 15.2 Å². The van der Waals surface area contributed by atoms with Gasteiger partial charge in [-0.05, 0) is 44.0 Å². The zero-order chi connectivity index (χ0) is 16.2. The molecule has 1 fully saturated rings. The Morgan fingerprint density at radius 1 is 1.29 bits per heavy atom. The Labute approximate surface area is 144 Å². The van der Waals surface area contributed by atoms with Crippen LogP contribution < -0.4 is 10.6 Å². The Morgan fingerprint density at radius 3 is 2.75 bits per heavy atom. The average molecular weight is 358 g/mol. The van der Waals surface area contributed by atoms with E-state index in [1.165, 1.54) is 12.1 Å². The van der Waals surface area contributed by atoms with Crippen molar-refractivity contribution in [2.45, 2.75) is 12.8 Å². The van der Waals surface area contributed by atoms with Gasteiger partial charge >= 0.3 is 0 Å². The number of hydrogen-bond acceptors (Lipinski definition) is 4. The van der Waals surface area contributed by atoms with Crippen molar-refractivity contribution in [1.82, 2.24) is 15.8 Å². The van der Waals surface area contributed by atoms with E-state index in [0.29, 0.717) is 12.5 Å². The Balaban J connectivity index is 0.00000208. The smallest absolute Gasteiger partial charge is 0.273 e. The van der Waals surface area contributed by atoms with Gasteiger partial charge in [-0.3, -0.25) is 4.79 Å². The largest absolute Gasteiger partial charge is 0.355 e. The minimum Gasteiger partial charge on any atom is -0.355 e. The van der Waals surface area contributed by atoms with Crippen LogP contribution in [-0.2, 0) is 0 Å². The molecule has 8 heteroatoms. The van der Waals surface area contributed by atoms with E-state index in [1.807, 2.05) is 0 Å². The van der Waals surface area contributed by atoms with Gasteiger partial charge in [0.2, 0.25) is 0 Å². The van der Waals surface area contributed by atoms with E-state index in [9.17, 15) is 13.6 Å². The monoisotopic (exact) mass is 357 g/mol. The maximum absolute atomic E-state index is 13.7. The van der Waals surface area contributed by atoms with Gasteiger partial charge in [0, 0.05) is 18.7 Å². The summed E-state index contributed by atoms with van der Waals surface area (Å²) in [6.07, 6.45) is 2.04. The lowest BCUT2D eigenvalue weighted by Crippen LogP contribution is -2.36. The van der Waals surface area contributed by atoms with Gasteiger partial charge in [-0.25, -0.2) is 8.78 Å². The van der Waals surface area contributed by atoms with Crippen LogP contribution >= 0.6 is 12.4 Å². The van der Waals surface area contributed by atoms with Gasteiger partial charge in [0.05, 0.1) is 5.56 Å². The Bertz CT molecular complexity index is 702. The molecule has 0 unspecified atom stereocenters. The average Bonchev–Trinajstić information content (AvgIpc) is 3.03. The van der Waals surface area contributed by atoms with Crippen LogP contribution in [0.3, 0.4) is 0 Å². The maximum Gasteiger partial charge on any atom is 0.273 e. The van der Waals surface area contributed by atoms with Gasteiger partial charge in [-0.1, -0.05) is 5.16 Å². The molecule has 1 aromatic carbocycles. The van der Waals surface area contributed by atoms with Gasteiger partial charge in [0.15, 0.2) is 11.5 Å². The van der Waals surface area contributed by atoms with E-state index >= 15 is 0 Å². The van der Waals surface area contributed by atoms with Crippen LogP contribution in [0.25, 0.3) is 11.3 Å². The summed E-state index contributed by atoms with van der Waals surface area (Å²) in [7, 11) is 0. The molecule has 2 heterocycles. The molecule has 3 rings (SSSR count). The van der Waals surface area contributed by atoms with Crippen LogP contribution in [0.4, 0.5) is 8.78 Å². The fraction of sp³-hybridized carbons (Fsp3) is 0.375. The molecule has 1 amide bonds. The van der Waals surface area contributed by atoms with Crippen LogP contribution in [0.15, 0.2) is 28.8 Å². The number of hydrogen-bond donors (Lipinski definition) is 2. The quantitative estimate of drug-likeness (QED) is 0.883. The molecule has 1 aromatic heterocycles.